The summed E-state index contributed by atoms with van der Waals surface area (Å²) < 4.78 is 0. The van der Waals surface area contributed by atoms with Crippen molar-refractivity contribution < 1.29 is 0 Å². The Balaban J connectivity index is 1.21. The van der Waals surface area contributed by atoms with Gasteiger partial charge in [0.1, 0.15) is 0 Å². The third kappa shape index (κ3) is 5.27. The van der Waals surface area contributed by atoms with Crippen LogP contribution in [-0.4, -0.2) is 0 Å². The lowest BCUT2D eigenvalue weighted by atomic mass is 9.67. The van der Waals surface area contributed by atoms with Gasteiger partial charge in [0.15, 0.2) is 0 Å². The maximum Gasteiger partial charge on any atom is 0.0714 e. The van der Waals surface area contributed by atoms with Gasteiger partial charge in [-0.05, 0) is 125 Å². The van der Waals surface area contributed by atoms with Gasteiger partial charge in [-0.3, -0.25) is 0 Å². The van der Waals surface area contributed by atoms with Crippen LogP contribution in [0, 0.1) is 0 Å². The lowest BCUT2D eigenvalue weighted by molar-refractivity contribution is 0.660. The predicted octanol–water partition coefficient (Wildman–Crippen LogP) is 15.8. The van der Waals surface area contributed by atoms with Gasteiger partial charge in [0.2, 0.25) is 0 Å². The van der Waals surface area contributed by atoms with Gasteiger partial charge in [-0.25, -0.2) is 0 Å². The molecule has 0 unspecified atom stereocenters. The quantitative estimate of drug-likeness (QED) is 0.163. The van der Waals surface area contributed by atoms with Crippen LogP contribution in [0.2, 0.25) is 0 Å². The summed E-state index contributed by atoms with van der Waals surface area (Å²) in [6, 6.07) is 83.9. The van der Waals surface area contributed by atoms with E-state index in [1.165, 1.54) is 88.3 Å². The summed E-state index contributed by atoms with van der Waals surface area (Å²) in [4.78, 5) is 2.54. The largest absolute Gasteiger partial charge is 0.310 e. The van der Waals surface area contributed by atoms with Crippen LogP contribution in [0.25, 0.3) is 54.9 Å². The summed E-state index contributed by atoms with van der Waals surface area (Å²) in [5.74, 6) is 0. The van der Waals surface area contributed by atoms with Crippen LogP contribution in [0.1, 0.15) is 47.2 Å². The molecule has 0 aromatic heterocycles. The summed E-state index contributed by atoms with van der Waals surface area (Å²) >= 11 is 0. The molecule has 12 rings (SSSR count). The Labute approximate surface area is 357 Å². The second-order valence-corrected chi connectivity index (χ2v) is 17.3. The van der Waals surface area contributed by atoms with Crippen molar-refractivity contribution in [3.8, 4) is 33.4 Å². The van der Waals surface area contributed by atoms with Gasteiger partial charge in [-0.15, -0.1) is 0 Å². The van der Waals surface area contributed by atoms with Crippen LogP contribution < -0.4 is 4.90 Å². The van der Waals surface area contributed by atoms with Crippen LogP contribution >= 0.6 is 0 Å². The number of nitrogens with zero attached hydrogens (tertiary/aromatic N) is 1. The van der Waals surface area contributed by atoms with E-state index in [9.17, 15) is 0 Å². The summed E-state index contributed by atoms with van der Waals surface area (Å²) in [6.45, 7) is 4.76. The van der Waals surface area contributed by atoms with Gasteiger partial charge < -0.3 is 4.90 Å². The normalized spacial score (nSPS) is 14.0. The average Bonchev–Trinajstić information content (AvgIpc) is 3.74. The van der Waals surface area contributed by atoms with Crippen LogP contribution in [0.15, 0.2) is 224 Å². The molecule has 0 saturated carbocycles. The third-order valence-electron chi connectivity index (χ3n) is 13.7. The molecule has 10 aromatic rings. The van der Waals surface area contributed by atoms with Gasteiger partial charge in [-0.1, -0.05) is 196 Å². The lowest BCUT2D eigenvalue weighted by Gasteiger charge is -2.36. The van der Waals surface area contributed by atoms with Gasteiger partial charge in [0, 0.05) is 22.4 Å². The minimum Gasteiger partial charge on any atom is -0.310 e. The average molecular weight is 778 g/mol. The van der Waals surface area contributed by atoms with E-state index in [2.05, 4.69) is 243 Å². The van der Waals surface area contributed by atoms with Crippen molar-refractivity contribution in [3.63, 3.8) is 0 Å². The molecular formula is C60H43N. The number of rotatable bonds is 6. The van der Waals surface area contributed by atoms with E-state index in [4.69, 9.17) is 0 Å². The van der Waals surface area contributed by atoms with Crippen molar-refractivity contribution in [2.24, 2.45) is 0 Å². The molecule has 1 heteroatoms. The van der Waals surface area contributed by atoms with Crippen molar-refractivity contribution in [3.05, 3.63) is 258 Å². The highest BCUT2D eigenvalue weighted by Crippen LogP contribution is 2.59. The molecule has 2 aliphatic carbocycles. The Morgan fingerprint density at radius 3 is 1.51 bits per heavy atom. The van der Waals surface area contributed by atoms with Crippen LogP contribution in [0.3, 0.4) is 0 Å². The maximum absolute atomic E-state index is 2.54. The van der Waals surface area contributed by atoms with E-state index >= 15 is 0 Å². The summed E-state index contributed by atoms with van der Waals surface area (Å²) in [5, 5.41) is 4.90. The SMILES string of the molecule is CC1(C)c2ccccc2-c2ccc(N(c3ccc4ccccc4c3)c3cc4c(cc3-c3ccc5ccccc5c3)-c3ccccc3C4(c3ccccc3)c3ccccc3)cc21. The number of hydrogen-bond acceptors (Lipinski definition) is 1. The van der Waals surface area contributed by atoms with Crippen LogP contribution in [-0.2, 0) is 10.8 Å². The summed E-state index contributed by atoms with van der Waals surface area (Å²) in [6.07, 6.45) is 0. The topological polar surface area (TPSA) is 3.24 Å². The van der Waals surface area contributed by atoms with Gasteiger partial charge in [0.25, 0.3) is 0 Å². The molecule has 0 bridgehead atoms. The van der Waals surface area contributed by atoms with E-state index in [-0.39, 0.29) is 5.41 Å². The first-order valence-corrected chi connectivity index (χ1v) is 21.4. The highest BCUT2D eigenvalue weighted by Gasteiger charge is 2.47. The van der Waals surface area contributed by atoms with Crippen molar-refractivity contribution in [2.45, 2.75) is 24.7 Å². The van der Waals surface area contributed by atoms with E-state index in [0.717, 1.165) is 17.1 Å². The van der Waals surface area contributed by atoms with Gasteiger partial charge in [0.05, 0.1) is 11.1 Å². The molecule has 0 atom stereocenters. The molecule has 0 radical (unpaired) electrons. The number of hydrogen-bond donors (Lipinski definition) is 0. The number of anilines is 3. The van der Waals surface area contributed by atoms with Gasteiger partial charge in [-0.2, -0.15) is 0 Å². The molecule has 0 aliphatic heterocycles. The minimum atomic E-state index is -0.554. The molecule has 0 spiro atoms. The highest BCUT2D eigenvalue weighted by atomic mass is 15.1. The fourth-order valence-electron chi connectivity index (χ4n) is 10.8. The lowest BCUT2D eigenvalue weighted by Crippen LogP contribution is -2.28. The zero-order valence-corrected chi connectivity index (χ0v) is 34.3. The van der Waals surface area contributed by atoms with Crippen molar-refractivity contribution in [2.75, 3.05) is 4.90 Å². The molecule has 0 N–H and O–H groups in total. The van der Waals surface area contributed by atoms with Crippen LogP contribution in [0.4, 0.5) is 17.1 Å². The standard InChI is InChI=1S/C60H43N/c1-59(2)54-27-15-13-25-49(54)51-34-33-48(37-56(51)59)61(47-32-31-41-18-10-12-20-43(41)36-47)58-39-57-53(38-52(58)44-30-29-40-17-9-11-19-42(40)35-44)50-26-14-16-28-55(50)60(57,45-21-5-3-6-22-45)46-23-7-4-8-24-46/h3-39H,1-2H3. The Hall–Kier alpha value is -7.48. The van der Waals surface area contributed by atoms with Crippen LogP contribution in [0.5, 0.6) is 0 Å². The second-order valence-electron chi connectivity index (χ2n) is 17.3. The zero-order valence-electron chi connectivity index (χ0n) is 34.3. The smallest absolute Gasteiger partial charge is 0.0714 e. The highest BCUT2D eigenvalue weighted by molar-refractivity contribution is 6.00. The molecule has 288 valence electrons. The van der Waals surface area contributed by atoms with E-state index in [1.54, 1.807) is 0 Å². The Morgan fingerprint density at radius 1 is 0.311 bits per heavy atom. The van der Waals surface area contributed by atoms with E-state index < -0.39 is 5.41 Å². The predicted molar refractivity (Wildman–Crippen MR) is 256 cm³/mol. The third-order valence-corrected chi connectivity index (χ3v) is 13.7. The minimum absolute atomic E-state index is 0.159. The Bertz CT molecular complexity index is 3300. The first kappa shape index (κ1) is 35.5. The fraction of sp³-hybridized carbons (Fsp3) is 0.0667. The zero-order chi connectivity index (χ0) is 40.7. The molecule has 0 heterocycles. The molecule has 1 nitrogen and oxygen atoms in total. The molecule has 0 amide bonds. The van der Waals surface area contributed by atoms with Crippen molar-refractivity contribution in [1.29, 1.82) is 0 Å². The van der Waals surface area contributed by atoms with E-state index in [1.807, 2.05) is 0 Å². The Kier molecular flexibility index (Phi) is 7.86. The molecule has 61 heavy (non-hydrogen) atoms. The summed E-state index contributed by atoms with van der Waals surface area (Å²) in [7, 11) is 0. The number of benzene rings is 10. The fourth-order valence-corrected chi connectivity index (χ4v) is 10.8. The maximum atomic E-state index is 2.54. The first-order chi connectivity index (χ1) is 30.0. The molecule has 0 saturated heterocycles. The van der Waals surface area contributed by atoms with Crippen molar-refractivity contribution in [1.82, 2.24) is 0 Å². The second kappa shape index (κ2) is 13.5. The molecule has 0 fully saturated rings. The monoisotopic (exact) mass is 777 g/mol. The van der Waals surface area contributed by atoms with Crippen molar-refractivity contribution >= 4 is 38.6 Å². The van der Waals surface area contributed by atoms with Gasteiger partial charge >= 0.3 is 0 Å². The van der Waals surface area contributed by atoms with E-state index in [0.29, 0.717) is 0 Å². The molecule has 2 aliphatic rings. The summed E-state index contributed by atoms with van der Waals surface area (Å²) in [5.41, 5.74) is 18.1. The molecule has 10 aromatic carbocycles. The Morgan fingerprint density at radius 2 is 0.820 bits per heavy atom. The first-order valence-electron chi connectivity index (χ1n) is 21.4. The number of fused-ring (bicyclic) bond motifs is 8. The molecular weight excluding hydrogens is 735 g/mol.